The van der Waals surface area contributed by atoms with Crippen LogP contribution in [0.1, 0.15) is 68.1 Å². The lowest BCUT2D eigenvalue weighted by Gasteiger charge is -2.34. The summed E-state index contributed by atoms with van der Waals surface area (Å²) in [5.41, 5.74) is 4.11. The highest BCUT2D eigenvalue weighted by molar-refractivity contribution is 5.95. The van der Waals surface area contributed by atoms with Crippen molar-refractivity contribution in [2.75, 3.05) is 27.2 Å². The van der Waals surface area contributed by atoms with Gasteiger partial charge in [0.25, 0.3) is 11.8 Å². The molecule has 3 N–H and O–H groups in total. The van der Waals surface area contributed by atoms with Crippen molar-refractivity contribution in [3.63, 3.8) is 0 Å². The number of tetrazole rings is 1. The maximum absolute atomic E-state index is 13.2. The summed E-state index contributed by atoms with van der Waals surface area (Å²) < 4.78 is 0. The minimum atomic E-state index is -0.877. The highest BCUT2D eigenvalue weighted by Gasteiger charge is 2.54. The number of nitrogens with zero attached hydrogens (tertiary/aromatic N) is 6. The number of hydrogen-bond donors (Lipinski definition) is 3. The van der Waals surface area contributed by atoms with Crippen LogP contribution in [0.15, 0.2) is 36.4 Å². The molecule has 2 aromatic carbocycles. The van der Waals surface area contributed by atoms with E-state index in [0.717, 1.165) is 35.1 Å². The first-order valence-electron chi connectivity index (χ1n) is 14.7. The number of likely N-dealkylation sites (tertiary alicyclic amines) is 1. The molecule has 2 fully saturated rings. The standard InChI is InChI=1S/C31H35N9O3/c1-33-28(42)20-6-8-24-18(12-20)4-5-19-13-21(29(43)34-2)7-9-25(19)31(24,30-36-38-39(3)37-30)10-11-35-17-27(41)40-23(16-32)14-22-15-26(22)40/h6-9,12-13,22-23,26,35H,4-5,10-11,14-15,17H2,1-3H3,(H,33,42)(H,34,43)/t22-,23+,26+/m1/s1. The molecule has 0 bridgehead atoms. The van der Waals surface area contributed by atoms with Gasteiger partial charge in [-0.2, -0.15) is 10.1 Å². The first-order chi connectivity index (χ1) is 20.8. The van der Waals surface area contributed by atoms with Crippen molar-refractivity contribution < 1.29 is 14.4 Å². The Morgan fingerprint density at radius 2 is 1.63 bits per heavy atom. The van der Waals surface area contributed by atoms with E-state index in [-0.39, 0.29) is 36.3 Å². The molecule has 3 amide bonds. The number of piperidine rings is 1. The molecule has 12 heteroatoms. The summed E-state index contributed by atoms with van der Waals surface area (Å²) in [4.78, 5) is 41.5. The van der Waals surface area contributed by atoms with Gasteiger partial charge >= 0.3 is 0 Å². The lowest BCUT2D eigenvalue weighted by molar-refractivity contribution is -0.131. The minimum absolute atomic E-state index is 0.0599. The Balaban J connectivity index is 1.40. The maximum Gasteiger partial charge on any atom is 0.251 e. The first kappa shape index (κ1) is 28.5. The number of aryl methyl sites for hydroxylation is 3. The monoisotopic (exact) mass is 581 g/mol. The van der Waals surface area contributed by atoms with Crippen LogP contribution in [0, 0.1) is 17.2 Å². The van der Waals surface area contributed by atoms with Gasteiger partial charge in [-0.1, -0.05) is 12.1 Å². The molecule has 2 heterocycles. The van der Waals surface area contributed by atoms with Crippen LogP contribution in [0.4, 0.5) is 0 Å². The summed E-state index contributed by atoms with van der Waals surface area (Å²) in [5.74, 6) is 0.543. The van der Waals surface area contributed by atoms with Gasteiger partial charge in [0.05, 0.1) is 25.1 Å². The topological polar surface area (TPSA) is 158 Å². The summed E-state index contributed by atoms with van der Waals surface area (Å²) in [6.45, 7) is 0.562. The van der Waals surface area contributed by atoms with Gasteiger partial charge in [-0.25, -0.2) is 0 Å². The van der Waals surface area contributed by atoms with E-state index in [1.54, 1.807) is 26.0 Å². The smallest absolute Gasteiger partial charge is 0.251 e. The third-order valence-electron chi connectivity index (χ3n) is 9.16. The number of nitriles is 1. The van der Waals surface area contributed by atoms with Crippen LogP contribution in [0.2, 0.25) is 0 Å². The average molecular weight is 582 g/mol. The van der Waals surface area contributed by atoms with Gasteiger partial charge in [0.1, 0.15) is 6.04 Å². The predicted molar refractivity (Wildman–Crippen MR) is 156 cm³/mol. The first-order valence-corrected chi connectivity index (χ1v) is 14.7. The molecule has 3 aromatic rings. The second-order valence-electron chi connectivity index (χ2n) is 11.6. The van der Waals surface area contributed by atoms with Crippen molar-refractivity contribution >= 4 is 17.7 Å². The van der Waals surface area contributed by atoms with E-state index < -0.39 is 5.41 Å². The second kappa shape index (κ2) is 11.2. The number of amides is 3. The lowest BCUT2D eigenvalue weighted by atomic mass is 9.69. The number of carbonyl (C=O) groups excluding carboxylic acids is 3. The van der Waals surface area contributed by atoms with Crippen molar-refractivity contribution in [3.8, 4) is 6.07 Å². The van der Waals surface area contributed by atoms with Gasteiger partial charge in [0.15, 0.2) is 5.82 Å². The molecule has 6 rings (SSSR count). The minimum Gasteiger partial charge on any atom is -0.355 e. The zero-order chi connectivity index (χ0) is 30.3. The Hall–Kier alpha value is -4.63. The van der Waals surface area contributed by atoms with E-state index in [1.165, 1.54) is 4.80 Å². The van der Waals surface area contributed by atoms with Gasteiger partial charge in [0, 0.05) is 31.3 Å². The highest BCUT2D eigenvalue weighted by Crippen LogP contribution is 2.48. The fourth-order valence-electron chi connectivity index (χ4n) is 6.99. The third-order valence-corrected chi connectivity index (χ3v) is 9.16. The molecule has 0 unspecified atom stereocenters. The molecule has 0 radical (unpaired) electrons. The Kier molecular flexibility index (Phi) is 7.43. The number of benzene rings is 2. The van der Waals surface area contributed by atoms with Crippen LogP contribution in [0.3, 0.4) is 0 Å². The molecule has 1 aliphatic heterocycles. The summed E-state index contributed by atoms with van der Waals surface area (Å²) in [6, 6.07) is 13.5. The molecule has 2 aliphatic carbocycles. The number of aromatic nitrogens is 4. The van der Waals surface area contributed by atoms with E-state index in [2.05, 4.69) is 32.3 Å². The number of fused-ring (bicyclic) bond motifs is 3. The van der Waals surface area contributed by atoms with Crippen LogP contribution >= 0.6 is 0 Å². The summed E-state index contributed by atoms with van der Waals surface area (Å²) >= 11 is 0. The second-order valence-corrected chi connectivity index (χ2v) is 11.6. The van der Waals surface area contributed by atoms with E-state index in [0.29, 0.717) is 48.7 Å². The van der Waals surface area contributed by atoms with Crippen LogP contribution in [-0.4, -0.2) is 82.1 Å². The number of rotatable bonds is 8. The average Bonchev–Trinajstić information content (AvgIpc) is 3.52. The van der Waals surface area contributed by atoms with Gasteiger partial charge in [-0.15, -0.1) is 10.2 Å². The van der Waals surface area contributed by atoms with E-state index in [1.807, 2.05) is 36.4 Å². The van der Waals surface area contributed by atoms with Gasteiger partial charge in [-0.3, -0.25) is 14.4 Å². The van der Waals surface area contributed by atoms with E-state index >= 15 is 0 Å². The largest absolute Gasteiger partial charge is 0.355 e. The molecule has 1 saturated carbocycles. The number of carbonyl (C=O) groups is 3. The maximum atomic E-state index is 13.2. The SMILES string of the molecule is CNC(=O)c1ccc2c(c1)CCc1cc(C(=O)NC)ccc1C2(CCNCC(=O)N1[C@H](C#N)C[C@@H]2C[C@@H]21)c1nnn(C)n1. The van der Waals surface area contributed by atoms with Crippen LogP contribution in [0.5, 0.6) is 0 Å². The normalized spacial score (nSPS) is 21.1. The van der Waals surface area contributed by atoms with Crippen molar-refractivity contribution in [2.45, 2.75) is 49.6 Å². The van der Waals surface area contributed by atoms with Crippen LogP contribution in [-0.2, 0) is 30.1 Å². The molecule has 1 saturated heterocycles. The Morgan fingerprint density at radius 3 is 2.16 bits per heavy atom. The van der Waals surface area contributed by atoms with E-state index in [9.17, 15) is 19.6 Å². The summed E-state index contributed by atoms with van der Waals surface area (Å²) in [7, 11) is 4.93. The lowest BCUT2D eigenvalue weighted by Crippen LogP contribution is -2.44. The van der Waals surface area contributed by atoms with Gasteiger partial charge < -0.3 is 20.9 Å². The predicted octanol–water partition coefficient (Wildman–Crippen LogP) is 0.855. The fourth-order valence-corrected chi connectivity index (χ4v) is 6.99. The Bertz CT molecular complexity index is 1570. The molecule has 222 valence electrons. The Labute approximate surface area is 249 Å². The number of hydrogen-bond acceptors (Lipinski definition) is 8. The van der Waals surface area contributed by atoms with Gasteiger partial charge in [-0.05, 0) is 96.3 Å². The Morgan fingerprint density at radius 1 is 1.00 bits per heavy atom. The van der Waals surface area contributed by atoms with Crippen LogP contribution in [0.25, 0.3) is 0 Å². The molecular formula is C31H35N9O3. The zero-order valence-corrected chi connectivity index (χ0v) is 24.6. The zero-order valence-electron chi connectivity index (χ0n) is 24.6. The summed E-state index contributed by atoms with van der Waals surface area (Å²) in [6.07, 6.45) is 3.52. The summed E-state index contributed by atoms with van der Waals surface area (Å²) in [5, 5.41) is 31.7. The van der Waals surface area contributed by atoms with E-state index in [4.69, 9.17) is 5.10 Å². The molecule has 1 aromatic heterocycles. The molecule has 0 spiro atoms. The molecule has 43 heavy (non-hydrogen) atoms. The van der Waals surface area contributed by atoms with Crippen LogP contribution < -0.4 is 16.0 Å². The molecule has 12 nitrogen and oxygen atoms in total. The van der Waals surface area contributed by atoms with Crippen molar-refractivity contribution in [2.24, 2.45) is 13.0 Å². The van der Waals surface area contributed by atoms with Crippen molar-refractivity contribution in [3.05, 3.63) is 75.6 Å². The van der Waals surface area contributed by atoms with Crippen molar-refractivity contribution in [1.29, 1.82) is 5.26 Å². The van der Waals surface area contributed by atoms with Crippen molar-refractivity contribution in [1.82, 2.24) is 41.1 Å². The molecule has 3 aliphatic rings. The molecular weight excluding hydrogens is 546 g/mol. The van der Waals surface area contributed by atoms with Gasteiger partial charge in [0.2, 0.25) is 5.91 Å². The number of nitrogens with one attached hydrogen (secondary N) is 3. The fraction of sp³-hybridized carbons (Fsp3) is 0.452. The highest BCUT2D eigenvalue weighted by atomic mass is 16.2. The quantitative estimate of drug-likeness (QED) is 0.331. The molecule has 3 atom stereocenters. The third kappa shape index (κ3) is 4.93.